The Morgan fingerprint density at radius 1 is 1.13 bits per heavy atom. The number of benzene rings is 1. The Morgan fingerprint density at radius 3 is 2.39 bits per heavy atom. The molecular weight excluding hydrogens is 408 g/mol. The monoisotopic (exact) mass is 440 g/mol. The second kappa shape index (κ2) is 10.3. The fourth-order valence-corrected chi connectivity index (χ4v) is 4.94. The van der Waals surface area contributed by atoms with Gasteiger partial charge in [-0.05, 0) is 63.4 Å². The fraction of sp³-hybridized carbons (Fsp3) is 0.640. The van der Waals surface area contributed by atoms with Crippen LogP contribution in [-0.4, -0.2) is 18.5 Å². The molecule has 1 aromatic carbocycles. The lowest BCUT2D eigenvalue weighted by Crippen LogP contribution is -2.24. The van der Waals surface area contributed by atoms with Crippen LogP contribution in [0.5, 0.6) is 0 Å². The fourth-order valence-electron chi connectivity index (χ4n) is 4.94. The van der Waals surface area contributed by atoms with Crippen molar-refractivity contribution in [1.82, 2.24) is 0 Å². The molecule has 172 valence electrons. The summed E-state index contributed by atoms with van der Waals surface area (Å²) >= 11 is 0. The highest BCUT2D eigenvalue weighted by molar-refractivity contribution is 5.78. The minimum absolute atomic E-state index is 0.0209. The van der Waals surface area contributed by atoms with Crippen LogP contribution in [0.4, 0.5) is 17.6 Å². The third-order valence-corrected chi connectivity index (χ3v) is 6.79. The highest BCUT2D eigenvalue weighted by Gasteiger charge is 2.40. The van der Waals surface area contributed by atoms with E-state index in [0.29, 0.717) is 32.3 Å². The van der Waals surface area contributed by atoms with Gasteiger partial charge in [-0.1, -0.05) is 37.6 Å². The smallest absolute Gasteiger partial charge is 0.378 e. The van der Waals surface area contributed by atoms with E-state index >= 15 is 4.39 Å². The first kappa shape index (κ1) is 24.0. The molecule has 6 heteroatoms. The topological polar surface area (TPSA) is 26.3 Å². The van der Waals surface area contributed by atoms with Gasteiger partial charge < -0.3 is 4.74 Å². The summed E-state index contributed by atoms with van der Waals surface area (Å²) in [6.45, 7) is 4.15. The van der Waals surface area contributed by atoms with Crippen molar-refractivity contribution in [2.45, 2.75) is 83.4 Å². The van der Waals surface area contributed by atoms with Crippen molar-refractivity contribution in [2.75, 3.05) is 6.61 Å². The second-order valence-corrected chi connectivity index (χ2v) is 9.03. The van der Waals surface area contributed by atoms with Gasteiger partial charge in [0.2, 0.25) is 0 Å². The summed E-state index contributed by atoms with van der Waals surface area (Å²) in [5.74, 6) is -1.50. The normalized spacial score (nSPS) is 27.5. The number of ketones is 1. The molecule has 0 aromatic heterocycles. The molecule has 31 heavy (non-hydrogen) atoms. The molecule has 3 rings (SSSR count). The minimum atomic E-state index is -4.76. The third kappa shape index (κ3) is 5.97. The molecule has 2 aliphatic rings. The molecule has 0 bridgehead atoms. The maximum atomic E-state index is 15.0. The Hall–Kier alpha value is -1.69. The van der Waals surface area contributed by atoms with E-state index in [2.05, 4.69) is 6.92 Å². The molecule has 0 amide bonds. The summed E-state index contributed by atoms with van der Waals surface area (Å²) in [5, 5.41) is 0. The summed E-state index contributed by atoms with van der Waals surface area (Å²) in [6.07, 6.45) is 4.67. The average molecular weight is 441 g/mol. The number of Topliss-reactive ketones (excluding diaryl/α,β-unsaturated/α-hetero) is 1. The number of halogens is 4. The molecule has 0 radical (unpaired) electrons. The van der Waals surface area contributed by atoms with Gasteiger partial charge >= 0.3 is 6.18 Å². The summed E-state index contributed by atoms with van der Waals surface area (Å²) < 4.78 is 62.3. The number of alkyl halides is 3. The van der Waals surface area contributed by atoms with E-state index in [1.807, 2.05) is 0 Å². The zero-order valence-corrected chi connectivity index (χ0v) is 18.3. The second-order valence-electron chi connectivity index (χ2n) is 9.03. The van der Waals surface area contributed by atoms with Gasteiger partial charge in [-0.15, -0.1) is 0 Å². The van der Waals surface area contributed by atoms with Crippen LogP contribution in [0.3, 0.4) is 0 Å². The number of carbonyl (C=O) groups is 1. The molecule has 1 saturated carbocycles. The largest absolute Gasteiger partial charge is 0.419 e. The number of carbonyl (C=O) groups excluding carboxylic acids is 1. The number of rotatable bonds is 6. The van der Waals surface area contributed by atoms with E-state index in [9.17, 15) is 18.0 Å². The highest BCUT2D eigenvalue weighted by atomic mass is 19.4. The van der Waals surface area contributed by atoms with Gasteiger partial charge in [0.05, 0.1) is 18.3 Å². The molecule has 2 nitrogen and oxygen atoms in total. The van der Waals surface area contributed by atoms with Crippen LogP contribution in [0, 0.1) is 17.7 Å². The van der Waals surface area contributed by atoms with Crippen molar-refractivity contribution in [2.24, 2.45) is 11.8 Å². The first-order chi connectivity index (χ1) is 14.7. The third-order valence-electron chi connectivity index (χ3n) is 6.79. The predicted octanol–water partition coefficient (Wildman–Crippen LogP) is 7.32. The van der Waals surface area contributed by atoms with E-state index in [0.717, 1.165) is 25.7 Å². The Balaban J connectivity index is 1.77. The van der Waals surface area contributed by atoms with E-state index < -0.39 is 17.6 Å². The summed E-state index contributed by atoms with van der Waals surface area (Å²) in [7, 11) is 0. The molecule has 1 aliphatic carbocycles. The zero-order valence-electron chi connectivity index (χ0n) is 18.3. The van der Waals surface area contributed by atoms with Crippen LogP contribution in [-0.2, 0) is 15.7 Å². The van der Waals surface area contributed by atoms with E-state index in [4.69, 9.17) is 4.74 Å². The molecule has 2 atom stereocenters. The van der Waals surface area contributed by atoms with Gasteiger partial charge in [0, 0.05) is 17.4 Å². The van der Waals surface area contributed by atoms with E-state index in [-0.39, 0.29) is 40.8 Å². The van der Waals surface area contributed by atoms with E-state index in [1.54, 1.807) is 6.08 Å². The maximum Gasteiger partial charge on any atom is 0.419 e. The first-order valence-electron chi connectivity index (χ1n) is 11.4. The van der Waals surface area contributed by atoms with Crippen LogP contribution in [0.15, 0.2) is 18.2 Å². The van der Waals surface area contributed by atoms with Gasteiger partial charge in [0.25, 0.3) is 0 Å². The predicted molar refractivity (Wildman–Crippen MR) is 113 cm³/mol. The summed E-state index contributed by atoms with van der Waals surface area (Å²) in [5.41, 5.74) is -1.17. The van der Waals surface area contributed by atoms with Crippen molar-refractivity contribution >= 4 is 11.9 Å². The summed E-state index contributed by atoms with van der Waals surface area (Å²) in [4.78, 5) is 11.6. The maximum absolute atomic E-state index is 15.0. The quantitative estimate of drug-likeness (QED) is 0.433. The van der Waals surface area contributed by atoms with Crippen molar-refractivity contribution in [1.29, 1.82) is 0 Å². The standard InChI is InChI=1S/C25H32F4O2/c1-3-4-21-13-6-17(15-31-21)5-7-20-12-14-22(23(24(20)26)25(27,28)29)19-10-8-18(9-11-19)16(2)30/h5,7,12,14,17-19,21H,3-4,6,8-11,13,15H2,1-2H3. The van der Waals surface area contributed by atoms with Crippen molar-refractivity contribution in [3.63, 3.8) is 0 Å². The van der Waals surface area contributed by atoms with Crippen LogP contribution >= 0.6 is 0 Å². The minimum Gasteiger partial charge on any atom is -0.378 e. The highest BCUT2D eigenvalue weighted by Crippen LogP contribution is 2.44. The lowest BCUT2D eigenvalue weighted by atomic mass is 9.76. The van der Waals surface area contributed by atoms with Crippen LogP contribution in [0.25, 0.3) is 6.08 Å². The molecule has 1 aromatic rings. The Labute approximate surface area is 182 Å². The molecule has 1 heterocycles. The van der Waals surface area contributed by atoms with Gasteiger partial charge in [-0.3, -0.25) is 4.79 Å². The molecule has 2 fully saturated rings. The van der Waals surface area contributed by atoms with Gasteiger partial charge in [-0.2, -0.15) is 13.2 Å². The molecular formula is C25H32F4O2. The number of hydrogen-bond donors (Lipinski definition) is 0. The Kier molecular flexibility index (Phi) is 7.95. The molecule has 1 saturated heterocycles. The van der Waals surface area contributed by atoms with Crippen molar-refractivity contribution in [3.05, 3.63) is 40.7 Å². The van der Waals surface area contributed by atoms with Gasteiger partial charge in [-0.25, -0.2) is 4.39 Å². The molecule has 0 spiro atoms. The van der Waals surface area contributed by atoms with Crippen molar-refractivity contribution in [3.8, 4) is 0 Å². The summed E-state index contributed by atoms with van der Waals surface area (Å²) in [6, 6.07) is 2.88. The Bertz CT molecular complexity index is 783. The van der Waals surface area contributed by atoms with Gasteiger partial charge in [0.15, 0.2) is 0 Å². The lowest BCUT2D eigenvalue weighted by Gasteiger charge is -2.29. The SMILES string of the molecule is CCCC1CCC(C=Cc2ccc(C3CCC(C(C)=O)CC3)c(C(F)(F)F)c2F)CO1. The number of ether oxygens (including phenoxy) is 1. The zero-order chi connectivity index (χ0) is 22.6. The van der Waals surface area contributed by atoms with E-state index in [1.165, 1.54) is 25.1 Å². The van der Waals surface area contributed by atoms with Crippen LogP contribution in [0.2, 0.25) is 0 Å². The number of hydrogen-bond acceptors (Lipinski definition) is 2. The first-order valence-corrected chi connectivity index (χ1v) is 11.4. The van der Waals surface area contributed by atoms with Gasteiger partial charge in [0.1, 0.15) is 11.6 Å². The molecule has 1 aliphatic heterocycles. The molecule has 0 N–H and O–H groups in total. The van der Waals surface area contributed by atoms with Crippen LogP contribution < -0.4 is 0 Å². The average Bonchev–Trinajstić information content (AvgIpc) is 2.73. The van der Waals surface area contributed by atoms with Crippen LogP contribution in [0.1, 0.15) is 87.8 Å². The lowest BCUT2D eigenvalue weighted by molar-refractivity contribution is -0.141. The van der Waals surface area contributed by atoms with Crippen molar-refractivity contribution < 1.29 is 27.1 Å². The molecule has 2 unspecified atom stereocenters. The Morgan fingerprint density at radius 2 is 1.84 bits per heavy atom.